The normalized spacial score (nSPS) is 19.5. The van der Waals surface area contributed by atoms with Crippen LogP contribution >= 0.6 is 11.3 Å². The zero-order valence-electron chi connectivity index (χ0n) is 13.5. The van der Waals surface area contributed by atoms with Crippen LogP contribution in [0.1, 0.15) is 40.9 Å². The molecule has 0 aliphatic carbocycles. The van der Waals surface area contributed by atoms with Gasteiger partial charge in [0.05, 0.1) is 6.54 Å². The van der Waals surface area contributed by atoms with E-state index in [1.807, 2.05) is 17.5 Å². The summed E-state index contributed by atoms with van der Waals surface area (Å²) in [7, 11) is 0. The van der Waals surface area contributed by atoms with Crippen molar-refractivity contribution in [1.29, 1.82) is 0 Å². The van der Waals surface area contributed by atoms with Crippen molar-refractivity contribution in [3.63, 3.8) is 0 Å². The molecule has 1 aromatic carbocycles. The Morgan fingerprint density at radius 3 is 2.73 bits per heavy atom. The summed E-state index contributed by atoms with van der Waals surface area (Å²) in [5.41, 5.74) is 2.82. The highest BCUT2D eigenvalue weighted by atomic mass is 32.1. The van der Waals surface area contributed by atoms with Gasteiger partial charge in [0.25, 0.3) is 0 Å². The average Bonchev–Trinajstić information content (AvgIpc) is 3.03. The maximum absolute atomic E-state index is 4.59. The van der Waals surface area contributed by atoms with Gasteiger partial charge in [-0.2, -0.15) is 0 Å². The Bertz CT molecular complexity index is 591. The fraction of sp³-hybridized carbons (Fsp3) is 0.500. The molecular formula is C18H25N3S. The molecule has 1 aliphatic heterocycles. The van der Waals surface area contributed by atoms with Gasteiger partial charge in [0.1, 0.15) is 5.01 Å². The zero-order chi connectivity index (χ0) is 15.4. The Hall–Kier alpha value is -1.23. The summed E-state index contributed by atoms with van der Waals surface area (Å²) in [5.74, 6) is 0. The number of aryl methyl sites for hydroxylation is 2. The Kier molecular flexibility index (Phi) is 5.24. The van der Waals surface area contributed by atoms with Crippen LogP contribution in [0.5, 0.6) is 0 Å². The van der Waals surface area contributed by atoms with Crippen molar-refractivity contribution < 1.29 is 0 Å². The van der Waals surface area contributed by atoms with Crippen LogP contribution in [-0.2, 0) is 19.4 Å². The molecule has 1 aromatic heterocycles. The molecule has 1 unspecified atom stereocenters. The van der Waals surface area contributed by atoms with Gasteiger partial charge in [0, 0.05) is 36.8 Å². The van der Waals surface area contributed by atoms with E-state index in [4.69, 9.17) is 0 Å². The summed E-state index contributed by atoms with van der Waals surface area (Å²) < 4.78 is 0. The summed E-state index contributed by atoms with van der Waals surface area (Å²) in [6, 6.07) is 9.57. The predicted molar refractivity (Wildman–Crippen MR) is 93.3 cm³/mol. The van der Waals surface area contributed by atoms with Crippen molar-refractivity contribution in [3.05, 3.63) is 51.5 Å². The predicted octanol–water partition coefficient (Wildman–Crippen LogP) is 3.41. The Labute approximate surface area is 137 Å². The summed E-state index contributed by atoms with van der Waals surface area (Å²) in [6.45, 7) is 8.54. The number of nitrogens with one attached hydrogen (secondary N) is 1. The number of benzene rings is 1. The van der Waals surface area contributed by atoms with E-state index in [0.29, 0.717) is 6.04 Å². The fourth-order valence-corrected chi connectivity index (χ4v) is 3.89. The first-order valence-corrected chi connectivity index (χ1v) is 9.09. The van der Waals surface area contributed by atoms with Crippen LogP contribution in [0.3, 0.4) is 0 Å². The smallest absolute Gasteiger partial charge is 0.107 e. The lowest BCUT2D eigenvalue weighted by Gasteiger charge is -2.36. The maximum atomic E-state index is 4.59. The molecular weight excluding hydrogens is 290 g/mol. The van der Waals surface area contributed by atoms with Crippen molar-refractivity contribution in [3.8, 4) is 0 Å². The molecule has 1 aliphatic rings. The number of piperazine rings is 1. The van der Waals surface area contributed by atoms with Crippen LogP contribution in [0.4, 0.5) is 0 Å². The van der Waals surface area contributed by atoms with E-state index in [1.54, 1.807) is 0 Å². The minimum absolute atomic E-state index is 0.452. The quantitative estimate of drug-likeness (QED) is 0.916. The lowest BCUT2D eigenvalue weighted by atomic mass is 10.0. The number of nitrogens with zero attached hydrogens (tertiary/aromatic N) is 2. The van der Waals surface area contributed by atoms with Crippen LogP contribution in [0.15, 0.2) is 30.5 Å². The largest absolute Gasteiger partial charge is 0.314 e. The number of hydrogen-bond acceptors (Lipinski definition) is 4. The minimum atomic E-state index is 0.452. The molecule has 1 fully saturated rings. The van der Waals surface area contributed by atoms with Crippen molar-refractivity contribution in [2.24, 2.45) is 0 Å². The van der Waals surface area contributed by atoms with Crippen LogP contribution in [0, 0.1) is 0 Å². The van der Waals surface area contributed by atoms with Gasteiger partial charge in [-0.1, -0.05) is 38.1 Å². The maximum Gasteiger partial charge on any atom is 0.107 e. The van der Waals surface area contributed by atoms with Crippen molar-refractivity contribution in [2.45, 2.75) is 39.3 Å². The molecule has 22 heavy (non-hydrogen) atoms. The van der Waals surface area contributed by atoms with Crippen LogP contribution < -0.4 is 5.32 Å². The Morgan fingerprint density at radius 1 is 1.23 bits per heavy atom. The highest BCUT2D eigenvalue weighted by Gasteiger charge is 2.24. The average molecular weight is 315 g/mol. The second kappa shape index (κ2) is 7.36. The first-order valence-electron chi connectivity index (χ1n) is 8.27. The highest BCUT2D eigenvalue weighted by Crippen LogP contribution is 2.26. The van der Waals surface area contributed by atoms with Gasteiger partial charge in [-0.15, -0.1) is 11.3 Å². The summed E-state index contributed by atoms with van der Waals surface area (Å²) in [5, 5.41) is 4.78. The summed E-state index contributed by atoms with van der Waals surface area (Å²) >= 11 is 1.86. The monoisotopic (exact) mass is 315 g/mol. The second-order valence-corrected chi connectivity index (χ2v) is 7.06. The molecule has 3 rings (SSSR count). The third-order valence-corrected chi connectivity index (χ3v) is 5.54. The number of rotatable bonds is 5. The fourth-order valence-electron chi connectivity index (χ4n) is 3.00. The van der Waals surface area contributed by atoms with E-state index in [9.17, 15) is 0 Å². The van der Waals surface area contributed by atoms with Gasteiger partial charge in [-0.3, -0.25) is 4.90 Å². The van der Waals surface area contributed by atoms with Crippen LogP contribution in [0.2, 0.25) is 0 Å². The molecule has 1 saturated heterocycles. The lowest BCUT2D eigenvalue weighted by Crippen LogP contribution is -2.45. The SMILES string of the molecule is CCc1ccc(C2CNCCN2Cc2ncc(CC)s2)cc1. The van der Waals surface area contributed by atoms with E-state index in [0.717, 1.165) is 39.0 Å². The van der Waals surface area contributed by atoms with Crippen LogP contribution in [0.25, 0.3) is 0 Å². The van der Waals surface area contributed by atoms with E-state index >= 15 is 0 Å². The van der Waals surface area contributed by atoms with Crippen molar-refractivity contribution >= 4 is 11.3 Å². The van der Waals surface area contributed by atoms with Gasteiger partial charge in [0.2, 0.25) is 0 Å². The molecule has 2 heterocycles. The number of aromatic nitrogens is 1. The van der Waals surface area contributed by atoms with E-state index in [2.05, 4.69) is 53.3 Å². The molecule has 0 amide bonds. The molecule has 1 atom stereocenters. The number of hydrogen-bond donors (Lipinski definition) is 1. The molecule has 118 valence electrons. The third kappa shape index (κ3) is 3.57. The first kappa shape index (κ1) is 15.7. The van der Waals surface area contributed by atoms with E-state index < -0.39 is 0 Å². The lowest BCUT2D eigenvalue weighted by molar-refractivity contribution is 0.153. The van der Waals surface area contributed by atoms with Crippen molar-refractivity contribution in [1.82, 2.24) is 15.2 Å². The minimum Gasteiger partial charge on any atom is -0.314 e. The topological polar surface area (TPSA) is 28.2 Å². The summed E-state index contributed by atoms with van der Waals surface area (Å²) in [4.78, 5) is 8.54. The summed E-state index contributed by atoms with van der Waals surface area (Å²) in [6.07, 6.45) is 4.22. The molecule has 0 saturated carbocycles. The van der Waals surface area contributed by atoms with Gasteiger partial charge >= 0.3 is 0 Å². The third-order valence-electron chi connectivity index (χ3n) is 4.42. The van der Waals surface area contributed by atoms with E-state index in [-0.39, 0.29) is 0 Å². The first-order chi connectivity index (χ1) is 10.8. The van der Waals surface area contributed by atoms with Gasteiger partial charge in [-0.05, 0) is 24.0 Å². The molecule has 0 radical (unpaired) electrons. The molecule has 3 nitrogen and oxygen atoms in total. The van der Waals surface area contributed by atoms with Gasteiger partial charge in [0.15, 0.2) is 0 Å². The van der Waals surface area contributed by atoms with Crippen LogP contribution in [-0.4, -0.2) is 29.5 Å². The highest BCUT2D eigenvalue weighted by molar-refractivity contribution is 7.11. The second-order valence-electron chi connectivity index (χ2n) is 5.86. The van der Waals surface area contributed by atoms with E-state index in [1.165, 1.54) is 21.0 Å². The molecule has 2 aromatic rings. The standard InChI is InChI=1S/C18H25N3S/c1-3-14-5-7-15(8-6-14)17-12-19-9-10-21(17)13-18-20-11-16(4-2)22-18/h5-8,11,17,19H,3-4,9-10,12-13H2,1-2H3. The number of thiazole rings is 1. The Morgan fingerprint density at radius 2 is 2.05 bits per heavy atom. The zero-order valence-corrected chi connectivity index (χ0v) is 14.3. The molecule has 0 bridgehead atoms. The van der Waals surface area contributed by atoms with Gasteiger partial charge < -0.3 is 5.32 Å². The van der Waals surface area contributed by atoms with Crippen molar-refractivity contribution in [2.75, 3.05) is 19.6 Å². The molecule has 1 N–H and O–H groups in total. The molecule has 4 heteroatoms. The molecule has 0 spiro atoms. The van der Waals surface area contributed by atoms with Gasteiger partial charge in [-0.25, -0.2) is 4.98 Å². The Balaban J connectivity index is 1.75.